The Morgan fingerprint density at radius 3 is 2.33 bits per heavy atom. The van der Waals surface area contributed by atoms with Crippen molar-refractivity contribution in [2.75, 3.05) is 0 Å². The van der Waals surface area contributed by atoms with Crippen molar-refractivity contribution in [1.82, 2.24) is 0 Å². The van der Waals surface area contributed by atoms with Gasteiger partial charge in [0.05, 0.1) is 0 Å². The van der Waals surface area contributed by atoms with Crippen LogP contribution < -0.4 is 4.74 Å². The third-order valence-corrected chi connectivity index (χ3v) is 1.23. The van der Waals surface area contributed by atoms with Gasteiger partial charge in [0.15, 0.2) is 0 Å². The van der Waals surface area contributed by atoms with Crippen molar-refractivity contribution in [2.24, 2.45) is 0 Å². The van der Waals surface area contributed by atoms with Gasteiger partial charge in [0.25, 0.3) is 0 Å². The van der Waals surface area contributed by atoms with Crippen LogP contribution in [0.4, 0.5) is 13.2 Å². The van der Waals surface area contributed by atoms with Crippen LogP contribution in [0, 0.1) is 0 Å². The molecule has 0 saturated heterocycles. The predicted octanol–water partition coefficient (Wildman–Crippen LogP) is 3.42. The first-order valence-electron chi connectivity index (χ1n) is 4.32. The number of halogens is 3. The van der Waals surface area contributed by atoms with Crippen LogP contribution >= 0.6 is 0 Å². The number of benzene rings is 1. The van der Waals surface area contributed by atoms with Gasteiger partial charge in [-0.05, 0) is 12.1 Å². The molecule has 0 radical (unpaired) electrons. The summed E-state index contributed by atoms with van der Waals surface area (Å²) in [5.74, 6) is -0.392. The average molecular weight is 220 g/mol. The maximum Gasteiger partial charge on any atom is 0.573 e. The number of ether oxygens (including phenoxy) is 1. The molecule has 0 heterocycles. The Morgan fingerprint density at radius 2 is 1.87 bits per heavy atom. The molecule has 0 aliphatic heterocycles. The Labute approximate surface area is 85.7 Å². The van der Waals surface area contributed by atoms with E-state index in [9.17, 15) is 18.0 Å². The first-order chi connectivity index (χ1) is 7.01. The third kappa shape index (κ3) is 5.72. The molecule has 0 saturated carbocycles. The fraction of sp³-hybridized carbons (Fsp3) is 0.300. The van der Waals surface area contributed by atoms with E-state index in [1.807, 2.05) is 13.8 Å². The van der Waals surface area contributed by atoms with Crippen molar-refractivity contribution in [1.29, 1.82) is 0 Å². The molecule has 0 amide bonds. The summed E-state index contributed by atoms with van der Waals surface area (Å²) in [6.45, 7) is 4.00. The molecule has 0 aromatic heterocycles. The summed E-state index contributed by atoms with van der Waals surface area (Å²) in [7, 11) is 0. The number of carbonyl (C=O) groups is 1. The minimum atomic E-state index is -4.72. The summed E-state index contributed by atoms with van der Waals surface area (Å²) < 4.78 is 38.6. The summed E-state index contributed by atoms with van der Waals surface area (Å²) in [6.07, 6.45) is -4.27. The second kappa shape index (κ2) is 6.06. The van der Waals surface area contributed by atoms with Crippen LogP contribution in [0.2, 0.25) is 0 Å². The van der Waals surface area contributed by atoms with Gasteiger partial charge in [-0.3, -0.25) is 4.79 Å². The number of aldehydes is 1. The minimum absolute atomic E-state index is 0.141. The molecule has 5 heteroatoms. The predicted molar refractivity (Wildman–Crippen MR) is 49.9 cm³/mol. The van der Waals surface area contributed by atoms with Crippen LogP contribution in [0.1, 0.15) is 24.2 Å². The SMILES string of the molecule is CC.O=Cc1cccc(OC(F)(F)F)c1. The van der Waals surface area contributed by atoms with E-state index in [4.69, 9.17) is 0 Å². The Balaban J connectivity index is 0.000000921. The fourth-order valence-corrected chi connectivity index (χ4v) is 0.785. The maximum atomic E-state index is 11.7. The highest BCUT2D eigenvalue weighted by Gasteiger charge is 2.30. The number of carbonyl (C=O) groups excluding carboxylic acids is 1. The van der Waals surface area contributed by atoms with E-state index < -0.39 is 12.1 Å². The van der Waals surface area contributed by atoms with Gasteiger partial charge in [0.2, 0.25) is 0 Å². The van der Waals surface area contributed by atoms with E-state index >= 15 is 0 Å². The van der Waals surface area contributed by atoms with E-state index in [1.165, 1.54) is 12.1 Å². The highest BCUT2D eigenvalue weighted by Crippen LogP contribution is 2.22. The number of hydrogen-bond acceptors (Lipinski definition) is 2. The average Bonchev–Trinajstić information content (AvgIpc) is 2.19. The molecule has 0 aliphatic rings. The molecule has 0 atom stereocenters. The molecule has 2 nitrogen and oxygen atoms in total. The summed E-state index contributed by atoms with van der Waals surface area (Å²) in [6, 6.07) is 4.84. The Hall–Kier alpha value is -1.52. The topological polar surface area (TPSA) is 26.3 Å². The molecule has 1 aromatic rings. The zero-order chi connectivity index (χ0) is 11.9. The van der Waals surface area contributed by atoms with Crippen molar-refractivity contribution in [2.45, 2.75) is 20.2 Å². The number of hydrogen-bond donors (Lipinski definition) is 0. The summed E-state index contributed by atoms with van der Waals surface area (Å²) in [4.78, 5) is 10.2. The second-order valence-electron chi connectivity index (χ2n) is 2.24. The molecule has 84 valence electrons. The van der Waals surface area contributed by atoms with E-state index in [0.29, 0.717) is 6.29 Å². The molecule has 0 unspecified atom stereocenters. The molecule has 0 bridgehead atoms. The molecule has 0 spiro atoms. The van der Waals surface area contributed by atoms with Crippen LogP contribution in [0.3, 0.4) is 0 Å². The molecular formula is C10H11F3O2. The van der Waals surface area contributed by atoms with Crippen LogP contribution in [0.15, 0.2) is 24.3 Å². The normalized spacial score (nSPS) is 9.93. The van der Waals surface area contributed by atoms with Crippen LogP contribution in [-0.4, -0.2) is 12.6 Å². The van der Waals surface area contributed by atoms with E-state index in [1.54, 1.807) is 0 Å². The molecule has 0 aliphatic carbocycles. The summed E-state index contributed by atoms with van der Waals surface area (Å²) in [5, 5.41) is 0. The molecule has 15 heavy (non-hydrogen) atoms. The number of alkyl halides is 3. The van der Waals surface area contributed by atoms with Crippen LogP contribution in [0.5, 0.6) is 5.75 Å². The zero-order valence-electron chi connectivity index (χ0n) is 8.34. The van der Waals surface area contributed by atoms with Gasteiger partial charge in [0, 0.05) is 5.56 Å². The lowest BCUT2D eigenvalue weighted by atomic mass is 10.2. The van der Waals surface area contributed by atoms with Crippen molar-refractivity contribution < 1.29 is 22.7 Å². The Morgan fingerprint density at radius 1 is 1.27 bits per heavy atom. The van der Waals surface area contributed by atoms with Crippen LogP contribution in [0.25, 0.3) is 0 Å². The highest BCUT2D eigenvalue weighted by molar-refractivity contribution is 5.75. The van der Waals surface area contributed by atoms with E-state index in [-0.39, 0.29) is 5.56 Å². The van der Waals surface area contributed by atoms with E-state index in [2.05, 4.69) is 4.74 Å². The first-order valence-corrected chi connectivity index (χ1v) is 4.32. The second-order valence-corrected chi connectivity index (χ2v) is 2.24. The van der Waals surface area contributed by atoms with Crippen molar-refractivity contribution in [3.8, 4) is 5.75 Å². The lowest BCUT2D eigenvalue weighted by Crippen LogP contribution is -2.17. The largest absolute Gasteiger partial charge is 0.573 e. The van der Waals surface area contributed by atoms with Crippen molar-refractivity contribution in [3.63, 3.8) is 0 Å². The Bertz CT molecular complexity index is 308. The maximum absolute atomic E-state index is 11.7. The van der Waals surface area contributed by atoms with E-state index in [0.717, 1.165) is 12.1 Å². The van der Waals surface area contributed by atoms with Crippen molar-refractivity contribution in [3.05, 3.63) is 29.8 Å². The molecule has 0 N–H and O–H groups in total. The van der Waals surface area contributed by atoms with Gasteiger partial charge in [-0.25, -0.2) is 0 Å². The van der Waals surface area contributed by atoms with Gasteiger partial charge >= 0.3 is 6.36 Å². The fourth-order valence-electron chi connectivity index (χ4n) is 0.785. The van der Waals surface area contributed by atoms with Gasteiger partial charge < -0.3 is 4.74 Å². The van der Waals surface area contributed by atoms with Gasteiger partial charge in [-0.1, -0.05) is 26.0 Å². The molecule has 1 aromatic carbocycles. The molecule has 1 rings (SSSR count). The third-order valence-electron chi connectivity index (χ3n) is 1.23. The lowest BCUT2D eigenvalue weighted by molar-refractivity contribution is -0.274. The van der Waals surface area contributed by atoms with Crippen molar-refractivity contribution >= 4 is 6.29 Å². The Kier molecular flexibility index (Phi) is 5.44. The summed E-state index contributed by atoms with van der Waals surface area (Å²) >= 11 is 0. The lowest BCUT2D eigenvalue weighted by Gasteiger charge is -2.08. The smallest absolute Gasteiger partial charge is 0.406 e. The monoisotopic (exact) mass is 220 g/mol. The molecular weight excluding hydrogens is 209 g/mol. The van der Waals surface area contributed by atoms with Gasteiger partial charge in [-0.15, -0.1) is 13.2 Å². The quantitative estimate of drug-likeness (QED) is 0.714. The van der Waals surface area contributed by atoms with Gasteiger partial charge in [0.1, 0.15) is 12.0 Å². The zero-order valence-corrected chi connectivity index (χ0v) is 8.34. The highest BCUT2D eigenvalue weighted by atomic mass is 19.4. The first kappa shape index (κ1) is 13.5. The van der Waals surface area contributed by atoms with Gasteiger partial charge in [-0.2, -0.15) is 0 Å². The molecule has 0 fully saturated rings. The number of rotatable bonds is 2. The minimum Gasteiger partial charge on any atom is -0.406 e. The standard InChI is InChI=1S/C8H5F3O2.C2H6/c9-8(10,11)13-7-3-1-2-6(4-7)5-12;1-2/h1-5H;1-2H3. The van der Waals surface area contributed by atoms with Crippen LogP contribution in [-0.2, 0) is 0 Å². The summed E-state index contributed by atoms with van der Waals surface area (Å²) in [5.41, 5.74) is 0.141.